The zero-order valence-corrected chi connectivity index (χ0v) is 14.0. The lowest BCUT2D eigenvalue weighted by Gasteiger charge is -2.05. The van der Waals surface area contributed by atoms with Crippen molar-refractivity contribution in [1.29, 1.82) is 0 Å². The largest absolute Gasteiger partial charge is 0.293 e. The zero-order chi connectivity index (χ0) is 16.5. The van der Waals surface area contributed by atoms with Crippen molar-refractivity contribution in [3.05, 3.63) is 75.5 Å². The van der Waals surface area contributed by atoms with Gasteiger partial charge in [0.25, 0.3) is 5.56 Å². The normalized spacial score (nSPS) is 11.0. The predicted molar refractivity (Wildman–Crippen MR) is 92.0 cm³/mol. The molecular weight excluding hydrogens is 372 g/mol. The number of benzene rings is 1. The Morgan fingerprint density at radius 3 is 2.71 bits per heavy atom. The highest BCUT2D eigenvalue weighted by Gasteiger charge is 2.13. The van der Waals surface area contributed by atoms with Crippen LogP contribution in [0.2, 0.25) is 0 Å². The third-order valence-electron chi connectivity index (χ3n) is 3.58. The van der Waals surface area contributed by atoms with Gasteiger partial charge >= 0.3 is 0 Å². The summed E-state index contributed by atoms with van der Waals surface area (Å²) in [5.41, 5.74) is 2.15. The highest BCUT2D eigenvalue weighted by molar-refractivity contribution is 9.10. The molecule has 0 amide bonds. The molecule has 0 atom stereocenters. The van der Waals surface area contributed by atoms with Gasteiger partial charge in [-0.3, -0.25) is 14.3 Å². The van der Waals surface area contributed by atoms with E-state index in [1.807, 2.05) is 36.4 Å². The summed E-state index contributed by atoms with van der Waals surface area (Å²) in [5.74, 6) is 0. The highest BCUT2D eigenvalue weighted by Crippen LogP contribution is 2.15. The van der Waals surface area contributed by atoms with Crippen LogP contribution in [0.3, 0.4) is 0 Å². The molecule has 0 aliphatic heterocycles. The average Bonchev–Trinajstić information content (AvgIpc) is 3.04. The van der Waals surface area contributed by atoms with Gasteiger partial charge in [-0.1, -0.05) is 27.2 Å². The lowest BCUT2D eigenvalue weighted by Crippen LogP contribution is -2.21. The molecule has 4 rings (SSSR count). The molecule has 0 fully saturated rings. The molecule has 3 heterocycles. The van der Waals surface area contributed by atoms with Crippen molar-refractivity contribution in [2.45, 2.75) is 6.54 Å². The van der Waals surface area contributed by atoms with Gasteiger partial charge in [-0.2, -0.15) is 4.68 Å². The van der Waals surface area contributed by atoms with Gasteiger partial charge in [-0.05, 0) is 35.9 Å². The van der Waals surface area contributed by atoms with Crippen molar-refractivity contribution in [3.63, 3.8) is 0 Å². The fourth-order valence-electron chi connectivity index (χ4n) is 2.40. The van der Waals surface area contributed by atoms with Gasteiger partial charge in [0.1, 0.15) is 6.33 Å². The molecule has 0 aliphatic carbocycles. The molecule has 0 spiro atoms. The van der Waals surface area contributed by atoms with E-state index in [0.717, 1.165) is 15.7 Å². The van der Waals surface area contributed by atoms with E-state index in [2.05, 4.69) is 36.2 Å². The second kappa shape index (κ2) is 5.97. The van der Waals surface area contributed by atoms with E-state index in [9.17, 15) is 4.79 Å². The van der Waals surface area contributed by atoms with E-state index in [0.29, 0.717) is 12.2 Å². The van der Waals surface area contributed by atoms with Crippen molar-refractivity contribution in [2.24, 2.45) is 0 Å². The Balaban J connectivity index is 1.78. The van der Waals surface area contributed by atoms with Gasteiger partial charge in [-0.25, -0.2) is 4.98 Å². The third-order valence-corrected chi connectivity index (χ3v) is 4.11. The minimum atomic E-state index is -0.229. The van der Waals surface area contributed by atoms with E-state index < -0.39 is 0 Å². The lowest BCUT2D eigenvalue weighted by atomic mass is 10.3. The first kappa shape index (κ1) is 14.7. The number of hydrogen-bond donors (Lipinski definition) is 0. The standard InChI is InChI=1S/C16H11BrN6O/c17-12-3-5-13(6-4-12)23-15-14(20-21-23)16(24)22(10-19-15)9-11-2-1-7-18-8-11/h1-8,10H,9H2. The Morgan fingerprint density at radius 1 is 1.12 bits per heavy atom. The summed E-state index contributed by atoms with van der Waals surface area (Å²) < 4.78 is 4.01. The molecule has 4 aromatic rings. The van der Waals surface area contributed by atoms with Gasteiger partial charge in [0.05, 0.1) is 12.2 Å². The summed E-state index contributed by atoms with van der Waals surface area (Å²) in [6, 6.07) is 11.3. The van der Waals surface area contributed by atoms with Crippen molar-refractivity contribution in [3.8, 4) is 5.69 Å². The second-order valence-corrected chi connectivity index (χ2v) is 6.10. The maximum atomic E-state index is 12.6. The molecule has 8 heteroatoms. The fraction of sp³-hybridized carbons (Fsp3) is 0.0625. The van der Waals surface area contributed by atoms with Gasteiger partial charge in [0.15, 0.2) is 11.2 Å². The molecule has 7 nitrogen and oxygen atoms in total. The van der Waals surface area contributed by atoms with Crippen molar-refractivity contribution in [2.75, 3.05) is 0 Å². The Labute approximate surface area is 144 Å². The van der Waals surface area contributed by atoms with Crippen LogP contribution < -0.4 is 5.56 Å². The highest BCUT2D eigenvalue weighted by atomic mass is 79.9. The summed E-state index contributed by atoms with van der Waals surface area (Å²) in [5, 5.41) is 8.08. The zero-order valence-electron chi connectivity index (χ0n) is 12.4. The number of pyridine rings is 1. The Kier molecular flexibility index (Phi) is 3.66. The molecule has 0 saturated carbocycles. The first-order valence-corrected chi connectivity index (χ1v) is 7.97. The van der Waals surface area contributed by atoms with E-state index in [1.165, 1.54) is 10.9 Å². The van der Waals surface area contributed by atoms with E-state index >= 15 is 0 Å². The summed E-state index contributed by atoms with van der Waals surface area (Å²) in [4.78, 5) is 21.0. The molecule has 0 saturated heterocycles. The molecule has 0 N–H and O–H groups in total. The molecule has 3 aromatic heterocycles. The molecular formula is C16H11BrN6O. The van der Waals surface area contributed by atoms with Crippen LogP contribution in [0.4, 0.5) is 0 Å². The molecule has 1 aromatic carbocycles. The molecule has 118 valence electrons. The van der Waals surface area contributed by atoms with E-state index in [-0.39, 0.29) is 11.1 Å². The molecule has 0 aliphatic rings. The third kappa shape index (κ3) is 2.61. The van der Waals surface area contributed by atoms with Crippen molar-refractivity contribution >= 4 is 27.1 Å². The monoisotopic (exact) mass is 382 g/mol. The molecule has 0 radical (unpaired) electrons. The van der Waals surface area contributed by atoms with E-state index in [1.54, 1.807) is 17.1 Å². The molecule has 24 heavy (non-hydrogen) atoms. The van der Waals surface area contributed by atoms with Gasteiger partial charge < -0.3 is 0 Å². The van der Waals surface area contributed by atoms with Crippen molar-refractivity contribution in [1.82, 2.24) is 29.5 Å². The SMILES string of the molecule is O=c1c2nnn(-c3ccc(Br)cc3)c2ncn1Cc1cccnc1. The fourth-order valence-corrected chi connectivity index (χ4v) is 2.67. The Bertz CT molecular complexity index is 1060. The van der Waals surface area contributed by atoms with Gasteiger partial charge in [0, 0.05) is 16.9 Å². The maximum absolute atomic E-state index is 12.6. The van der Waals surface area contributed by atoms with Crippen LogP contribution in [0.15, 0.2) is 64.4 Å². The predicted octanol–water partition coefficient (Wildman–Crippen LogP) is 2.18. The van der Waals surface area contributed by atoms with Crippen LogP contribution >= 0.6 is 15.9 Å². The first-order chi connectivity index (χ1) is 11.7. The molecule has 0 unspecified atom stereocenters. The minimum Gasteiger partial charge on any atom is -0.293 e. The Morgan fingerprint density at radius 2 is 1.96 bits per heavy atom. The molecule has 0 bridgehead atoms. The second-order valence-electron chi connectivity index (χ2n) is 5.19. The first-order valence-electron chi connectivity index (χ1n) is 7.18. The quantitative estimate of drug-likeness (QED) is 0.542. The summed E-state index contributed by atoms with van der Waals surface area (Å²) >= 11 is 3.39. The van der Waals surface area contributed by atoms with Gasteiger partial charge in [0.2, 0.25) is 0 Å². The van der Waals surface area contributed by atoms with Crippen molar-refractivity contribution < 1.29 is 0 Å². The van der Waals surface area contributed by atoms with Crippen LogP contribution in [0.5, 0.6) is 0 Å². The number of rotatable bonds is 3. The number of hydrogen-bond acceptors (Lipinski definition) is 5. The van der Waals surface area contributed by atoms with E-state index in [4.69, 9.17) is 0 Å². The summed E-state index contributed by atoms with van der Waals surface area (Å²) in [6.45, 7) is 0.390. The maximum Gasteiger partial charge on any atom is 0.283 e. The van der Waals surface area contributed by atoms with Crippen LogP contribution in [0.1, 0.15) is 5.56 Å². The smallest absolute Gasteiger partial charge is 0.283 e. The number of fused-ring (bicyclic) bond motifs is 1. The topological polar surface area (TPSA) is 78.5 Å². The number of aromatic nitrogens is 6. The summed E-state index contributed by atoms with van der Waals surface area (Å²) in [6.07, 6.45) is 4.92. The number of halogens is 1. The number of nitrogens with zero attached hydrogens (tertiary/aromatic N) is 6. The van der Waals surface area contributed by atoms with Gasteiger partial charge in [-0.15, -0.1) is 5.10 Å². The van der Waals surface area contributed by atoms with Crippen LogP contribution in [0.25, 0.3) is 16.9 Å². The van der Waals surface area contributed by atoms with Crippen LogP contribution in [-0.2, 0) is 6.54 Å². The Hall–Kier alpha value is -2.87. The average molecular weight is 383 g/mol. The van der Waals surface area contributed by atoms with Crippen LogP contribution in [0, 0.1) is 0 Å². The summed E-state index contributed by atoms with van der Waals surface area (Å²) in [7, 11) is 0. The lowest BCUT2D eigenvalue weighted by molar-refractivity contribution is 0.742. The van der Waals surface area contributed by atoms with Crippen LogP contribution in [-0.4, -0.2) is 29.5 Å². The minimum absolute atomic E-state index is 0.229.